The molecule has 0 spiro atoms. The van der Waals surface area contributed by atoms with Crippen LogP contribution in [0.2, 0.25) is 5.02 Å². The topological polar surface area (TPSA) is 33.2 Å². The highest BCUT2D eigenvalue weighted by Gasteiger charge is 2.27. The monoisotopic (exact) mass is 364 g/mol. The average Bonchev–Trinajstić information content (AvgIpc) is 2.59. The Bertz CT molecular complexity index is 734. The Morgan fingerprint density at radius 1 is 1.33 bits per heavy atom. The first-order valence-electron chi connectivity index (χ1n) is 8.56. The number of nitrogens with zero attached hydrogens (tertiary/aromatic N) is 2. The van der Waals surface area contributed by atoms with E-state index in [9.17, 15) is 4.79 Å². The van der Waals surface area contributed by atoms with Crippen LogP contribution in [0.3, 0.4) is 0 Å². The van der Waals surface area contributed by atoms with E-state index >= 15 is 0 Å². The van der Waals surface area contributed by atoms with E-state index in [0.29, 0.717) is 23.3 Å². The number of Topliss-reactive ketones (excluding diaryl/α,β-unsaturated/α-hetero) is 1. The van der Waals surface area contributed by atoms with Crippen LogP contribution in [0.25, 0.3) is 10.9 Å². The predicted molar refractivity (Wildman–Crippen MR) is 99.6 cm³/mol. The van der Waals surface area contributed by atoms with E-state index in [-0.39, 0.29) is 5.78 Å². The zero-order valence-corrected chi connectivity index (χ0v) is 15.4. The minimum absolute atomic E-state index is 0.174. The minimum atomic E-state index is 0.174. The van der Waals surface area contributed by atoms with E-state index in [1.54, 1.807) is 18.3 Å². The summed E-state index contributed by atoms with van der Waals surface area (Å²) in [6, 6.07) is 7.30. The second-order valence-corrected chi connectivity index (χ2v) is 7.48. The molecule has 24 heavy (non-hydrogen) atoms. The third-order valence-corrected chi connectivity index (χ3v) is 5.65. The van der Waals surface area contributed by atoms with Gasteiger partial charge in [0.25, 0.3) is 0 Å². The molecular formula is C19H22Cl2N2O. The lowest BCUT2D eigenvalue weighted by atomic mass is 9.81. The lowest BCUT2D eigenvalue weighted by molar-refractivity contribution is 0.0954. The molecule has 2 aromatic rings. The highest BCUT2D eigenvalue weighted by Crippen LogP contribution is 2.31. The summed E-state index contributed by atoms with van der Waals surface area (Å²) in [6.45, 7) is 4.03. The number of benzene rings is 1. The molecule has 1 aromatic carbocycles. The van der Waals surface area contributed by atoms with Crippen molar-refractivity contribution in [3.8, 4) is 0 Å². The molecular weight excluding hydrogens is 343 g/mol. The van der Waals surface area contributed by atoms with E-state index in [2.05, 4.69) is 11.9 Å². The van der Waals surface area contributed by atoms with Gasteiger partial charge in [0.05, 0.1) is 5.52 Å². The van der Waals surface area contributed by atoms with Gasteiger partial charge in [0.15, 0.2) is 5.78 Å². The summed E-state index contributed by atoms with van der Waals surface area (Å²) < 4.78 is 1.88. The van der Waals surface area contributed by atoms with Crippen LogP contribution in [0.1, 0.15) is 43.0 Å². The number of hydrogen-bond acceptors (Lipinski definition) is 3. The van der Waals surface area contributed by atoms with Gasteiger partial charge < -0.3 is 0 Å². The quantitative estimate of drug-likeness (QED) is 0.529. The van der Waals surface area contributed by atoms with Crippen molar-refractivity contribution in [3.63, 3.8) is 0 Å². The number of ketones is 1. The maximum atomic E-state index is 12.8. The molecule has 0 N–H and O–H groups in total. The van der Waals surface area contributed by atoms with Gasteiger partial charge in [0, 0.05) is 41.7 Å². The molecule has 1 aliphatic heterocycles. The number of hydrogen-bond donors (Lipinski definition) is 0. The molecule has 1 aliphatic rings. The van der Waals surface area contributed by atoms with Crippen molar-refractivity contribution >= 4 is 40.1 Å². The van der Waals surface area contributed by atoms with Gasteiger partial charge in [-0.15, -0.1) is 0 Å². The predicted octanol–water partition coefficient (Wildman–Crippen LogP) is 5.35. The normalized spacial score (nSPS) is 22.0. The highest BCUT2D eigenvalue weighted by atomic mass is 35.5. The van der Waals surface area contributed by atoms with E-state index in [4.69, 9.17) is 23.4 Å². The molecule has 3 rings (SSSR count). The molecule has 0 saturated carbocycles. The van der Waals surface area contributed by atoms with Gasteiger partial charge in [0.1, 0.15) is 0 Å². The summed E-state index contributed by atoms with van der Waals surface area (Å²) in [6.07, 6.45) is 5.36. The van der Waals surface area contributed by atoms with Crippen LogP contribution in [-0.2, 0) is 0 Å². The fourth-order valence-electron chi connectivity index (χ4n) is 3.69. The summed E-state index contributed by atoms with van der Waals surface area (Å²) in [5, 5.41) is 1.47. The van der Waals surface area contributed by atoms with Crippen molar-refractivity contribution in [2.45, 2.75) is 32.6 Å². The maximum Gasteiger partial charge on any atom is 0.163 e. The van der Waals surface area contributed by atoms with Crippen molar-refractivity contribution in [1.82, 2.24) is 9.40 Å². The maximum absolute atomic E-state index is 12.8. The van der Waals surface area contributed by atoms with E-state index in [0.717, 1.165) is 48.8 Å². The van der Waals surface area contributed by atoms with Crippen LogP contribution in [-0.4, -0.2) is 28.3 Å². The van der Waals surface area contributed by atoms with E-state index < -0.39 is 0 Å². The molecule has 2 atom stereocenters. The zero-order chi connectivity index (χ0) is 17.1. The molecule has 3 nitrogen and oxygen atoms in total. The van der Waals surface area contributed by atoms with Crippen LogP contribution < -0.4 is 0 Å². The number of carbonyl (C=O) groups excluding carboxylic acids is 1. The summed E-state index contributed by atoms with van der Waals surface area (Å²) >= 11 is 12.2. The van der Waals surface area contributed by atoms with Crippen LogP contribution in [0, 0.1) is 11.8 Å². The summed E-state index contributed by atoms with van der Waals surface area (Å²) in [5.74, 6) is 1.33. The van der Waals surface area contributed by atoms with Crippen molar-refractivity contribution in [2.24, 2.45) is 11.8 Å². The molecule has 2 unspecified atom stereocenters. The van der Waals surface area contributed by atoms with Gasteiger partial charge in [-0.1, -0.05) is 24.9 Å². The Hall–Kier alpha value is -1.16. The van der Waals surface area contributed by atoms with Crippen LogP contribution in [0.4, 0.5) is 0 Å². The van der Waals surface area contributed by atoms with Gasteiger partial charge in [-0.25, -0.2) is 4.42 Å². The molecule has 0 aliphatic carbocycles. The summed E-state index contributed by atoms with van der Waals surface area (Å²) in [7, 11) is 0. The first-order chi connectivity index (χ1) is 11.6. The Morgan fingerprint density at radius 3 is 2.96 bits per heavy atom. The summed E-state index contributed by atoms with van der Waals surface area (Å²) in [4.78, 5) is 17.1. The standard InChI is InChI=1S/C19H22Cl2N2O/c1-2-13-12-23(21)10-8-14(13)3-6-19(24)16-7-9-22-18-5-4-15(20)11-17(16)18/h4-5,7,9,11,13-14H,2-3,6,8,10,12H2,1H3. The second kappa shape index (κ2) is 7.81. The third-order valence-electron chi connectivity index (χ3n) is 5.11. The minimum Gasteiger partial charge on any atom is -0.294 e. The largest absolute Gasteiger partial charge is 0.294 e. The number of pyridine rings is 1. The molecule has 5 heteroatoms. The Morgan fingerprint density at radius 2 is 2.17 bits per heavy atom. The Kier molecular flexibility index (Phi) is 5.75. The molecule has 128 valence electrons. The van der Waals surface area contributed by atoms with Crippen molar-refractivity contribution < 1.29 is 4.79 Å². The zero-order valence-electron chi connectivity index (χ0n) is 13.8. The fraction of sp³-hybridized carbons (Fsp3) is 0.474. The molecule has 1 saturated heterocycles. The molecule has 1 fully saturated rings. The van der Waals surface area contributed by atoms with Gasteiger partial charge in [-0.05, 0) is 60.7 Å². The lowest BCUT2D eigenvalue weighted by Crippen LogP contribution is -2.35. The van der Waals surface area contributed by atoms with Crippen molar-refractivity contribution in [2.75, 3.05) is 13.1 Å². The number of fused-ring (bicyclic) bond motifs is 1. The first kappa shape index (κ1) is 17.7. The molecule has 2 heterocycles. The molecule has 0 amide bonds. The van der Waals surface area contributed by atoms with Gasteiger partial charge in [-0.3, -0.25) is 9.78 Å². The Labute approximate surface area is 153 Å². The first-order valence-corrected chi connectivity index (χ1v) is 9.28. The van der Waals surface area contributed by atoms with Crippen LogP contribution in [0.15, 0.2) is 30.5 Å². The number of carbonyl (C=O) groups is 1. The van der Waals surface area contributed by atoms with Gasteiger partial charge in [0.2, 0.25) is 0 Å². The van der Waals surface area contributed by atoms with E-state index in [1.165, 1.54) is 0 Å². The van der Waals surface area contributed by atoms with E-state index in [1.807, 2.05) is 16.6 Å². The smallest absolute Gasteiger partial charge is 0.163 e. The molecule has 0 radical (unpaired) electrons. The third kappa shape index (κ3) is 3.90. The van der Waals surface area contributed by atoms with Gasteiger partial charge >= 0.3 is 0 Å². The van der Waals surface area contributed by atoms with Crippen molar-refractivity contribution in [3.05, 3.63) is 41.0 Å². The fourth-order valence-corrected chi connectivity index (χ4v) is 4.14. The van der Waals surface area contributed by atoms with Crippen molar-refractivity contribution in [1.29, 1.82) is 0 Å². The number of piperidine rings is 1. The number of rotatable bonds is 5. The number of halogens is 2. The molecule has 0 bridgehead atoms. The average molecular weight is 365 g/mol. The summed E-state index contributed by atoms with van der Waals surface area (Å²) in [5.41, 5.74) is 1.54. The number of aromatic nitrogens is 1. The second-order valence-electron chi connectivity index (χ2n) is 6.57. The van der Waals surface area contributed by atoms with Gasteiger partial charge in [-0.2, -0.15) is 0 Å². The SMILES string of the molecule is CCC1CN(Cl)CCC1CCC(=O)c1ccnc2ccc(Cl)cc12. The van der Waals surface area contributed by atoms with Crippen LogP contribution >= 0.6 is 23.4 Å². The molecule has 1 aromatic heterocycles. The Balaban J connectivity index is 1.72. The highest BCUT2D eigenvalue weighted by molar-refractivity contribution is 6.31. The lowest BCUT2D eigenvalue weighted by Gasteiger charge is -2.34. The van der Waals surface area contributed by atoms with Crippen LogP contribution in [0.5, 0.6) is 0 Å².